The minimum Gasteiger partial charge on any atom is -0.383 e. The SMILES string of the molecule is Nc1c(-c2ccc(F)cc2Br)nc2ccccn12. The third-order valence-corrected chi connectivity index (χ3v) is 3.41. The summed E-state index contributed by atoms with van der Waals surface area (Å²) >= 11 is 3.33. The highest BCUT2D eigenvalue weighted by Gasteiger charge is 2.13. The van der Waals surface area contributed by atoms with Gasteiger partial charge in [-0.25, -0.2) is 9.37 Å². The van der Waals surface area contributed by atoms with Gasteiger partial charge >= 0.3 is 0 Å². The topological polar surface area (TPSA) is 43.3 Å². The van der Waals surface area contributed by atoms with Gasteiger partial charge in [0, 0.05) is 16.2 Å². The van der Waals surface area contributed by atoms with Crippen molar-refractivity contribution in [3.8, 4) is 11.3 Å². The molecule has 18 heavy (non-hydrogen) atoms. The summed E-state index contributed by atoms with van der Waals surface area (Å²) in [7, 11) is 0. The molecule has 0 fully saturated rings. The van der Waals surface area contributed by atoms with Gasteiger partial charge < -0.3 is 5.73 Å². The number of nitrogen functional groups attached to an aromatic ring is 1. The Kier molecular flexibility index (Phi) is 2.56. The molecule has 3 rings (SSSR count). The maximum Gasteiger partial charge on any atom is 0.139 e. The number of pyridine rings is 1. The number of hydrogen-bond donors (Lipinski definition) is 1. The Labute approximate surface area is 111 Å². The largest absolute Gasteiger partial charge is 0.383 e. The molecule has 0 atom stereocenters. The first-order chi connectivity index (χ1) is 8.66. The van der Waals surface area contributed by atoms with Crippen molar-refractivity contribution in [3.05, 3.63) is 52.9 Å². The van der Waals surface area contributed by atoms with Gasteiger partial charge in [0.05, 0.1) is 0 Å². The van der Waals surface area contributed by atoms with Crippen molar-refractivity contribution in [3.63, 3.8) is 0 Å². The third-order valence-electron chi connectivity index (χ3n) is 2.75. The van der Waals surface area contributed by atoms with Crippen LogP contribution in [0.15, 0.2) is 47.1 Å². The zero-order chi connectivity index (χ0) is 12.7. The minimum absolute atomic E-state index is 0.298. The van der Waals surface area contributed by atoms with Gasteiger partial charge in [0.1, 0.15) is 23.0 Å². The number of imidazole rings is 1. The van der Waals surface area contributed by atoms with Crippen LogP contribution in [0.2, 0.25) is 0 Å². The number of benzene rings is 1. The fraction of sp³-hybridized carbons (Fsp3) is 0. The Morgan fingerprint density at radius 3 is 2.78 bits per heavy atom. The van der Waals surface area contributed by atoms with E-state index in [0.717, 1.165) is 11.2 Å². The quantitative estimate of drug-likeness (QED) is 0.748. The summed E-state index contributed by atoms with van der Waals surface area (Å²) in [5.41, 5.74) is 8.25. The minimum atomic E-state index is -0.298. The highest BCUT2D eigenvalue weighted by atomic mass is 79.9. The van der Waals surface area contributed by atoms with Crippen molar-refractivity contribution >= 4 is 27.4 Å². The molecule has 1 aromatic carbocycles. The highest BCUT2D eigenvalue weighted by Crippen LogP contribution is 2.32. The van der Waals surface area contributed by atoms with Gasteiger partial charge in [-0.05, 0) is 46.3 Å². The predicted molar refractivity (Wildman–Crippen MR) is 72.7 cm³/mol. The van der Waals surface area contributed by atoms with Crippen LogP contribution < -0.4 is 5.73 Å². The van der Waals surface area contributed by atoms with E-state index >= 15 is 0 Å². The van der Waals surface area contributed by atoms with Crippen molar-refractivity contribution < 1.29 is 4.39 Å². The van der Waals surface area contributed by atoms with E-state index in [4.69, 9.17) is 5.73 Å². The van der Waals surface area contributed by atoms with Crippen LogP contribution in [0.4, 0.5) is 10.2 Å². The number of halogens is 2. The molecule has 0 radical (unpaired) electrons. The number of aromatic nitrogens is 2. The number of anilines is 1. The molecule has 5 heteroatoms. The zero-order valence-corrected chi connectivity index (χ0v) is 10.9. The third kappa shape index (κ3) is 1.67. The van der Waals surface area contributed by atoms with Crippen LogP contribution in [-0.4, -0.2) is 9.38 Å². The van der Waals surface area contributed by atoms with Gasteiger partial charge in [-0.1, -0.05) is 6.07 Å². The number of fused-ring (bicyclic) bond motifs is 1. The summed E-state index contributed by atoms with van der Waals surface area (Å²) < 4.78 is 15.5. The van der Waals surface area contributed by atoms with Crippen LogP contribution in [-0.2, 0) is 0 Å². The molecule has 0 saturated heterocycles. The first-order valence-electron chi connectivity index (χ1n) is 5.35. The van der Waals surface area contributed by atoms with Gasteiger partial charge in [0.2, 0.25) is 0 Å². The van der Waals surface area contributed by atoms with Gasteiger partial charge in [0.15, 0.2) is 0 Å². The second-order valence-corrected chi connectivity index (χ2v) is 4.75. The molecule has 2 N–H and O–H groups in total. The fourth-order valence-corrected chi connectivity index (χ4v) is 2.43. The summed E-state index contributed by atoms with van der Waals surface area (Å²) in [4.78, 5) is 4.46. The van der Waals surface area contributed by atoms with Gasteiger partial charge in [0.25, 0.3) is 0 Å². The van der Waals surface area contributed by atoms with E-state index < -0.39 is 0 Å². The Balaban J connectivity index is 2.28. The van der Waals surface area contributed by atoms with Crippen LogP contribution >= 0.6 is 15.9 Å². The first-order valence-corrected chi connectivity index (χ1v) is 6.14. The van der Waals surface area contributed by atoms with Crippen molar-refractivity contribution in [2.75, 3.05) is 5.73 Å². The number of nitrogens with two attached hydrogens (primary N) is 1. The lowest BCUT2D eigenvalue weighted by atomic mass is 10.1. The van der Waals surface area contributed by atoms with E-state index in [9.17, 15) is 4.39 Å². The van der Waals surface area contributed by atoms with E-state index in [2.05, 4.69) is 20.9 Å². The lowest BCUT2D eigenvalue weighted by molar-refractivity contribution is 0.627. The van der Waals surface area contributed by atoms with E-state index in [1.165, 1.54) is 12.1 Å². The van der Waals surface area contributed by atoms with Crippen molar-refractivity contribution in [1.29, 1.82) is 0 Å². The molecule has 3 nitrogen and oxygen atoms in total. The number of hydrogen-bond acceptors (Lipinski definition) is 2. The summed E-state index contributed by atoms with van der Waals surface area (Å²) in [5.74, 6) is 0.242. The maximum absolute atomic E-state index is 13.1. The lowest BCUT2D eigenvalue weighted by Crippen LogP contribution is -1.94. The number of nitrogens with zero attached hydrogens (tertiary/aromatic N) is 2. The van der Waals surface area contributed by atoms with E-state index in [0.29, 0.717) is 16.0 Å². The Morgan fingerprint density at radius 2 is 2.06 bits per heavy atom. The smallest absolute Gasteiger partial charge is 0.139 e. The van der Waals surface area contributed by atoms with Gasteiger partial charge in [-0.2, -0.15) is 0 Å². The molecule has 0 aliphatic carbocycles. The van der Waals surface area contributed by atoms with E-state index in [1.807, 2.05) is 24.4 Å². The summed E-state index contributed by atoms with van der Waals surface area (Å²) in [5, 5.41) is 0. The maximum atomic E-state index is 13.1. The van der Waals surface area contributed by atoms with Gasteiger partial charge in [-0.3, -0.25) is 4.40 Å². The average Bonchev–Trinajstić information content (AvgIpc) is 2.68. The van der Waals surface area contributed by atoms with E-state index in [-0.39, 0.29) is 5.82 Å². The lowest BCUT2D eigenvalue weighted by Gasteiger charge is -2.02. The molecule has 0 spiro atoms. The van der Waals surface area contributed by atoms with Crippen molar-refractivity contribution in [2.45, 2.75) is 0 Å². The van der Waals surface area contributed by atoms with Crippen molar-refractivity contribution in [2.24, 2.45) is 0 Å². The van der Waals surface area contributed by atoms with Crippen LogP contribution in [0.1, 0.15) is 0 Å². The Hall–Kier alpha value is -1.88. The summed E-state index contributed by atoms with van der Waals surface area (Å²) in [6.07, 6.45) is 1.85. The Morgan fingerprint density at radius 1 is 1.22 bits per heavy atom. The molecule has 2 heterocycles. The zero-order valence-electron chi connectivity index (χ0n) is 9.27. The Bertz CT molecular complexity index is 736. The van der Waals surface area contributed by atoms with Crippen LogP contribution in [0, 0.1) is 5.82 Å². The normalized spacial score (nSPS) is 11.0. The van der Waals surface area contributed by atoms with Crippen LogP contribution in [0.25, 0.3) is 16.9 Å². The van der Waals surface area contributed by atoms with E-state index in [1.54, 1.807) is 10.5 Å². The molecular formula is C13H9BrFN3. The second-order valence-electron chi connectivity index (χ2n) is 3.90. The molecule has 3 aromatic rings. The monoisotopic (exact) mass is 305 g/mol. The standard InChI is InChI=1S/C13H9BrFN3/c14-10-7-8(15)4-5-9(10)12-13(16)18-6-2-1-3-11(18)17-12/h1-7H,16H2. The highest BCUT2D eigenvalue weighted by molar-refractivity contribution is 9.10. The van der Waals surface area contributed by atoms with Crippen LogP contribution in [0.5, 0.6) is 0 Å². The number of rotatable bonds is 1. The molecule has 2 aromatic heterocycles. The molecule has 0 unspecified atom stereocenters. The second kappa shape index (κ2) is 4.10. The molecule has 0 bridgehead atoms. The van der Waals surface area contributed by atoms with Crippen LogP contribution in [0.3, 0.4) is 0 Å². The molecule has 0 amide bonds. The first kappa shape index (κ1) is 11.2. The average molecular weight is 306 g/mol. The fourth-order valence-electron chi connectivity index (χ4n) is 1.89. The molecule has 0 aliphatic rings. The molecule has 0 saturated carbocycles. The molecule has 0 aliphatic heterocycles. The summed E-state index contributed by atoms with van der Waals surface area (Å²) in [6, 6.07) is 10.1. The molecular weight excluding hydrogens is 297 g/mol. The summed E-state index contributed by atoms with van der Waals surface area (Å²) in [6.45, 7) is 0. The molecule has 90 valence electrons. The van der Waals surface area contributed by atoms with Crippen molar-refractivity contribution in [1.82, 2.24) is 9.38 Å². The van der Waals surface area contributed by atoms with Gasteiger partial charge in [-0.15, -0.1) is 0 Å². The predicted octanol–water partition coefficient (Wildman–Crippen LogP) is 3.49.